The summed E-state index contributed by atoms with van der Waals surface area (Å²) in [5, 5.41) is 0. The number of rotatable bonds is 4. The summed E-state index contributed by atoms with van der Waals surface area (Å²) in [6, 6.07) is 1.50. The molecule has 23 heavy (non-hydrogen) atoms. The number of fused-ring (bicyclic) bond motifs is 1. The van der Waals surface area contributed by atoms with Crippen molar-refractivity contribution >= 4 is 32.9 Å². The number of hydrogen-bond donors (Lipinski definition) is 0. The highest BCUT2D eigenvalue weighted by Gasteiger charge is 2.38. The maximum Gasteiger partial charge on any atom is 0.348 e. The molecule has 0 saturated carbocycles. The summed E-state index contributed by atoms with van der Waals surface area (Å²) < 4.78 is 38.2. The average molecular weight is 339 g/mol. The smallest absolute Gasteiger partial charge is 0.348 e. The molecule has 2 bridgehead atoms. The summed E-state index contributed by atoms with van der Waals surface area (Å²) >= 11 is 0. The lowest BCUT2D eigenvalue weighted by Gasteiger charge is -2.25. The highest BCUT2D eigenvalue weighted by Crippen LogP contribution is 2.42. The number of carbonyl (C=O) groups excluding carboxylic acids is 2. The fourth-order valence-corrected chi connectivity index (χ4v) is 4.12. The SMILES string of the molecule is O=C(OCCN1CCS(=O)(=O)CC1)c1c2c3oc1cc3OC2=O. The number of nitrogens with zero attached hydrogens (tertiary/aromatic N) is 1. The van der Waals surface area contributed by atoms with Crippen LogP contribution < -0.4 is 4.74 Å². The Morgan fingerprint density at radius 2 is 2.04 bits per heavy atom. The lowest BCUT2D eigenvalue weighted by molar-refractivity contribution is 0.0462. The summed E-state index contributed by atoms with van der Waals surface area (Å²) in [5.41, 5.74) is 0.808. The first-order valence-electron chi connectivity index (χ1n) is 7.15. The van der Waals surface area contributed by atoms with Crippen LogP contribution in [0.25, 0.3) is 11.2 Å². The maximum atomic E-state index is 12.2. The molecule has 1 fully saturated rings. The van der Waals surface area contributed by atoms with Crippen molar-refractivity contribution in [2.24, 2.45) is 0 Å². The van der Waals surface area contributed by atoms with Gasteiger partial charge in [0.2, 0.25) is 0 Å². The Morgan fingerprint density at radius 3 is 2.78 bits per heavy atom. The number of esters is 2. The normalized spacial score (nSPS) is 20.1. The topological polar surface area (TPSA) is 103 Å². The van der Waals surface area contributed by atoms with Gasteiger partial charge < -0.3 is 13.9 Å². The third-order valence-electron chi connectivity index (χ3n) is 4.11. The van der Waals surface area contributed by atoms with Gasteiger partial charge in [0.25, 0.3) is 0 Å². The summed E-state index contributed by atoms with van der Waals surface area (Å²) in [5.74, 6) is -0.652. The van der Waals surface area contributed by atoms with Crippen LogP contribution in [-0.4, -0.2) is 63.0 Å². The van der Waals surface area contributed by atoms with E-state index in [4.69, 9.17) is 13.9 Å². The van der Waals surface area contributed by atoms with E-state index < -0.39 is 21.8 Å². The first-order chi connectivity index (χ1) is 10.9. The van der Waals surface area contributed by atoms with Gasteiger partial charge in [0.05, 0.1) is 11.5 Å². The minimum absolute atomic E-state index is 0.104. The molecule has 0 aliphatic carbocycles. The fraction of sp³-hybridized carbons (Fsp3) is 0.429. The van der Waals surface area contributed by atoms with E-state index in [0.717, 1.165) is 0 Å². The summed E-state index contributed by atoms with van der Waals surface area (Å²) in [4.78, 5) is 25.8. The van der Waals surface area contributed by atoms with Crippen molar-refractivity contribution in [2.75, 3.05) is 37.7 Å². The molecule has 0 unspecified atom stereocenters. The van der Waals surface area contributed by atoms with Gasteiger partial charge >= 0.3 is 11.9 Å². The Balaban J connectivity index is 1.37. The molecule has 2 aromatic rings. The van der Waals surface area contributed by atoms with Gasteiger partial charge in [-0.05, 0) is 0 Å². The van der Waals surface area contributed by atoms with E-state index in [1.165, 1.54) is 6.07 Å². The van der Waals surface area contributed by atoms with Crippen LogP contribution in [0.15, 0.2) is 10.5 Å². The van der Waals surface area contributed by atoms with Gasteiger partial charge in [-0.1, -0.05) is 0 Å². The van der Waals surface area contributed by atoms with Crippen LogP contribution in [-0.2, 0) is 14.6 Å². The number of sulfone groups is 1. The number of hydrogen-bond acceptors (Lipinski definition) is 8. The zero-order valence-electron chi connectivity index (χ0n) is 12.0. The predicted molar refractivity (Wildman–Crippen MR) is 77.7 cm³/mol. The second-order valence-corrected chi connectivity index (χ2v) is 7.88. The van der Waals surface area contributed by atoms with Crippen LogP contribution in [0.5, 0.6) is 5.75 Å². The molecule has 0 aromatic carbocycles. The zero-order valence-corrected chi connectivity index (χ0v) is 12.8. The fourth-order valence-electron chi connectivity index (χ4n) is 2.85. The summed E-state index contributed by atoms with van der Waals surface area (Å²) in [6.45, 7) is 1.43. The van der Waals surface area contributed by atoms with E-state index in [-0.39, 0.29) is 40.4 Å². The Kier molecular flexibility index (Phi) is 3.10. The van der Waals surface area contributed by atoms with E-state index in [0.29, 0.717) is 25.4 Å². The Bertz CT molecular complexity index is 884. The van der Waals surface area contributed by atoms with E-state index in [1.54, 1.807) is 0 Å². The molecule has 0 amide bonds. The third-order valence-corrected chi connectivity index (χ3v) is 5.72. The van der Waals surface area contributed by atoms with Crippen LogP contribution in [0.1, 0.15) is 20.7 Å². The van der Waals surface area contributed by atoms with Crippen molar-refractivity contribution in [2.45, 2.75) is 0 Å². The van der Waals surface area contributed by atoms with E-state index in [1.807, 2.05) is 4.90 Å². The molecule has 2 aromatic heterocycles. The van der Waals surface area contributed by atoms with Gasteiger partial charge in [-0.15, -0.1) is 0 Å². The number of benzene rings is 1. The van der Waals surface area contributed by atoms with E-state index in [2.05, 4.69) is 0 Å². The molecule has 2 aliphatic heterocycles. The standard InChI is InChI=1S/C14H13NO7S/c16-13(20-4-1-15-2-5-23(18,19)6-3-15)10-8-7-9-12(21-8)11(10)14(17)22-9/h7H,1-6H2. The average Bonchev–Trinajstić information content (AvgIpc) is 3.10. The first-order valence-corrected chi connectivity index (χ1v) is 8.98. The van der Waals surface area contributed by atoms with Crippen molar-refractivity contribution in [1.82, 2.24) is 4.90 Å². The molecule has 0 radical (unpaired) electrons. The lowest BCUT2D eigenvalue weighted by atomic mass is 10.1. The molecule has 122 valence electrons. The minimum Gasteiger partial charge on any atom is -0.461 e. The molecular weight excluding hydrogens is 326 g/mol. The highest BCUT2D eigenvalue weighted by atomic mass is 32.2. The lowest BCUT2D eigenvalue weighted by Crippen LogP contribution is -2.41. The predicted octanol–water partition coefficient (Wildman–Crippen LogP) is 0.290. The second kappa shape index (κ2) is 4.93. The highest BCUT2D eigenvalue weighted by molar-refractivity contribution is 7.91. The van der Waals surface area contributed by atoms with E-state index in [9.17, 15) is 18.0 Å². The molecule has 0 N–H and O–H groups in total. The summed E-state index contributed by atoms with van der Waals surface area (Å²) in [6.07, 6.45) is 0. The van der Waals surface area contributed by atoms with Gasteiger partial charge in [-0.25, -0.2) is 18.0 Å². The molecule has 4 rings (SSSR count). The largest absolute Gasteiger partial charge is 0.461 e. The first kappa shape index (κ1) is 14.5. The van der Waals surface area contributed by atoms with E-state index >= 15 is 0 Å². The maximum absolute atomic E-state index is 12.2. The van der Waals surface area contributed by atoms with Crippen molar-refractivity contribution < 1.29 is 31.9 Å². The van der Waals surface area contributed by atoms with Crippen LogP contribution in [0.3, 0.4) is 0 Å². The van der Waals surface area contributed by atoms with Crippen LogP contribution >= 0.6 is 0 Å². The Hall–Kier alpha value is -2.13. The van der Waals surface area contributed by atoms with Crippen molar-refractivity contribution in [1.29, 1.82) is 0 Å². The molecule has 0 atom stereocenters. The van der Waals surface area contributed by atoms with Crippen LogP contribution in [0.2, 0.25) is 0 Å². The van der Waals surface area contributed by atoms with Gasteiger partial charge in [-0.3, -0.25) is 4.90 Å². The zero-order chi connectivity index (χ0) is 16.2. The van der Waals surface area contributed by atoms with Crippen molar-refractivity contribution in [3.63, 3.8) is 0 Å². The Morgan fingerprint density at radius 1 is 1.30 bits per heavy atom. The number of furan rings is 2. The van der Waals surface area contributed by atoms with Gasteiger partial charge in [0, 0.05) is 25.7 Å². The number of carbonyl (C=O) groups is 2. The number of ether oxygens (including phenoxy) is 2. The summed E-state index contributed by atoms with van der Waals surface area (Å²) in [7, 11) is -2.93. The molecule has 2 aliphatic rings. The van der Waals surface area contributed by atoms with Gasteiger partial charge in [0.1, 0.15) is 23.3 Å². The van der Waals surface area contributed by atoms with Crippen molar-refractivity contribution in [3.8, 4) is 5.75 Å². The second-order valence-electron chi connectivity index (χ2n) is 5.57. The van der Waals surface area contributed by atoms with Crippen molar-refractivity contribution in [3.05, 3.63) is 17.2 Å². The third kappa shape index (κ3) is 2.36. The minimum atomic E-state index is -2.93. The van der Waals surface area contributed by atoms with Crippen LogP contribution in [0, 0.1) is 0 Å². The van der Waals surface area contributed by atoms with Gasteiger partial charge in [-0.2, -0.15) is 0 Å². The quantitative estimate of drug-likeness (QED) is 0.732. The van der Waals surface area contributed by atoms with Crippen LogP contribution in [0.4, 0.5) is 0 Å². The molecule has 9 heteroatoms. The monoisotopic (exact) mass is 339 g/mol. The molecule has 4 heterocycles. The molecule has 8 nitrogen and oxygen atoms in total. The Labute approximate surface area is 131 Å². The molecule has 1 saturated heterocycles. The molecular formula is C14H13NO7S. The van der Waals surface area contributed by atoms with Gasteiger partial charge in [0.15, 0.2) is 21.2 Å². The molecule has 0 spiro atoms.